The van der Waals surface area contributed by atoms with E-state index in [0.29, 0.717) is 36.3 Å². The van der Waals surface area contributed by atoms with Crippen molar-refractivity contribution in [2.75, 3.05) is 0 Å². The van der Waals surface area contributed by atoms with Gasteiger partial charge in [-0.1, -0.05) is 45.9 Å². The number of hydrogen-bond donors (Lipinski definition) is 0. The maximum Gasteiger partial charge on any atom is 0.227 e. The molecule has 0 unspecified atom stereocenters. The highest BCUT2D eigenvalue weighted by Gasteiger charge is 2.40. The summed E-state index contributed by atoms with van der Waals surface area (Å²) in [6.45, 7) is 8.39. The summed E-state index contributed by atoms with van der Waals surface area (Å²) in [6, 6.07) is 5.87. The predicted molar refractivity (Wildman–Crippen MR) is 104 cm³/mol. The average molecular weight is 361 g/mol. The van der Waals surface area contributed by atoms with Crippen molar-refractivity contribution in [3.63, 3.8) is 0 Å². The maximum absolute atomic E-state index is 12.9. The van der Waals surface area contributed by atoms with Crippen LogP contribution in [0.2, 0.25) is 0 Å². The van der Waals surface area contributed by atoms with Crippen LogP contribution in [0.15, 0.2) is 24.0 Å². The number of pyridine rings is 1. The minimum absolute atomic E-state index is 0.100. The molecule has 2 heterocycles. The van der Waals surface area contributed by atoms with Gasteiger partial charge in [0.2, 0.25) is 5.88 Å². The van der Waals surface area contributed by atoms with Crippen LogP contribution in [0.5, 0.6) is 5.88 Å². The number of Topliss-reactive ketones (excluding diaryl/α,β-unsaturated/α-hetero) is 2. The summed E-state index contributed by atoms with van der Waals surface area (Å²) < 4.78 is 6.22. The standard InChI is InChI=1S/C23H23NO3/c1-22(2)8-14-19(15(25)9-22)12-6-5-7-13-18(12)21(24-14)27-17-11-23(3,4)10-16(26)20(13)17/h5-7H,8-11H2,1-4H3. The van der Waals surface area contributed by atoms with E-state index in [2.05, 4.69) is 27.7 Å². The highest BCUT2D eigenvalue weighted by Crippen LogP contribution is 2.49. The van der Waals surface area contributed by atoms with Crippen molar-refractivity contribution >= 4 is 27.9 Å². The molecule has 3 aliphatic rings. The van der Waals surface area contributed by atoms with Crippen molar-refractivity contribution in [2.45, 2.75) is 53.4 Å². The van der Waals surface area contributed by atoms with E-state index in [1.165, 1.54) is 0 Å². The van der Waals surface area contributed by atoms with E-state index in [1.54, 1.807) is 0 Å². The van der Waals surface area contributed by atoms with Crippen LogP contribution in [-0.2, 0) is 11.2 Å². The summed E-state index contributed by atoms with van der Waals surface area (Å²) in [6.07, 6.45) is 2.49. The second-order valence-electron chi connectivity index (χ2n) is 9.75. The van der Waals surface area contributed by atoms with Crippen molar-refractivity contribution in [3.8, 4) is 5.88 Å². The van der Waals surface area contributed by atoms with Crippen molar-refractivity contribution in [1.29, 1.82) is 0 Å². The smallest absolute Gasteiger partial charge is 0.227 e. The van der Waals surface area contributed by atoms with Crippen LogP contribution in [-0.4, -0.2) is 16.6 Å². The molecule has 27 heavy (non-hydrogen) atoms. The van der Waals surface area contributed by atoms with E-state index in [-0.39, 0.29) is 22.4 Å². The Morgan fingerprint density at radius 2 is 1.63 bits per heavy atom. The number of carbonyl (C=O) groups is 2. The van der Waals surface area contributed by atoms with Gasteiger partial charge in [-0.15, -0.1) is 0 Å². The van der Waals surface area contributed by atoms with Crippen LogP contribution in [0.4, 0.5) is 0 Å². The Labute approximate surface area is 158 Å². The van der Waals surface area contributed by atoms with E-state index in [4.69, 9.17) is 9.72 Å². The Morgan fingerprint density at radius 3 is 2.41 bits per heavy atom. The minimum Gasteiger partial charge on any atom is -0.442 e. The second-order valence-corrected chi connectivity index (χ2v) is 9.75. The van der Waals surface area contributed by atoms with Crippen molar-refractivity contribution in [3.05, 3.63) is 40.8 Å². The molecule has 138 valence electrons. The molecule has 4 heteroatoms. The van der Waals surface area contributed by atoms with Gasteiger partial charge in [0.25, 0.3) is 0 Å². The van der Waals surface area contributed by atoms with Gasteiger partial charge in [0, 0.05) is 35.8 Å². The monoisotopic (exact) mass is 361 g/mol. The zero-order chi connectivity index (χ0) is 19.1. The van der Waals surface area contributed by atoms with Gasteiger partial charge < -0.3 is 4.74 Å². The Kier molecular flexibility index (Phi) is 3.12. The first-order valence-electron chi connectivity index (χ1n) is 9.59. The number of aromatic nitrogens is 1. The van der Waals surface area contributed by atoms with Gasteiger partial charge in [0.1, 0.15) is 5.76 Å². The number of carbonyl (C=O) groups excluding carboxylic acids is 2. The Morgan fingerprint density at radius 1 is 0.926 bits per heavy atom. The van der Waals surface area contributed by atoms with Crippen LogP contribution < -0.4 is 4.74 Å². The molecule has 0 spiro atoms. The molecule has 2 aromatic rings. The van der Waals surface area contributed by atoms with Crippen molar-refractivity contribution in [2.24, 2.45) is 10.8 Å². The second kappa shape index (κ2) is 5.06. The van der Waals surface area contributed by atoms with Crippen molar-refractivity contribution in [1.82, 2.24) is 4.98 Å². The topological polar surface area (TPSA) is 56.3 Å². The number of fused-ring (bicyclic) bond motifs is 3. The van der Waals surface area contributed by atoms with E-state index in [9.17, 15) is 9.59 Å². The molecule has 0 fully saturated rings. The summed E-state index contributed by atoms with van der Waals surface area (Å²) in [5.74, 6) is 1.53. The molecule has 0 N–H and O–H groups in total. The molecule has 2 aliphatic carbocycles. The minimum atomic E-state index is -0.118. The third-order valence-electron chi connectivity index (χ3n) is 5.96. The molecule has 1 aliphatic heterocycles. The summed E-state index contributed by atoms with van der Waals surface area (Å²) in [7, 11) is 0. The van der Waals surface area contributed by atoms with E-state index in [0.717, 1.165) is 34.2 Å². The normalized spacial score (nSPS) is 22.4. The molecule has 5 rings (SSSR count). The van der Waals surface area contributed by atoms with Gasteiger partial charge in [-0.05, 0) is 17.3 Å². The highest BCUT2D eigenvalue weighted by molar-refractivity contribution is 6.27. The number of allylic oxidation sites excluding steroid dienone is 2. The number of ketones is 2. The lowest BCUT2D eigenvalue weighted by atomic mass is 9.72. The highest BCUT2D eigenvalue weighted by atomic mass is 16.5. The maximum atomic E-state index is 12.9. The van der Waals surface area contributed by atoms with Crippen LogP contribution in [0.3, 0.4) is 0 Å². The number of ether oxygens (including phenoxy) is 1. The molecular weight excluding hydrogens is 338 g/mol. The SMILES string of the molecule is CC1(C)CC(=O)C2=C(C1)Oc1nc3c(c4cccc2c14)C(=O)CC(C)(C)C3. The molecule has 0 atom stereocenters. The first-order valence-corrected chi connectivity index (χ1v) is 9.59. The first-order chi connectivity index (χ1) is 12.7. The third-order valence-corrected chi connectivity index (χ3v) is 5.96. The first kappa shape index (κ1) is 16.7. The van der Waals surface area contributed by atoms with E-state index < -0.39 is 0 Å². The van der Waals surface area contributed by atoms with Crippen LogP contribution in [0, 0.1) is 10.8 Å². The largest absolute Gasteiger partial charge is 0.442 e. The van der Waals surface area contributed by atoms with Gasteiger partial charge in [-0.3, -0.25) is 9.59 Å². The molecule has 0 radical (unpaired) electrons. The van der Waals surface area contributed by atoms with Crippen LogP contribution in [0.25, 0.3) is 16.3 Å². The average Bonchev–Trinajstić information content (AvgIpc) is 2.51. The van der Waals surface area contributed by atoms with Gasteiger partial charge in [-0.2, -0.15) is 0 Å². The molecular formula is C23H23NO3. The predicted octanol–water partition coefficient (Wildman–Crippen LogP) is 4.88. The quantitative estimate of drug-likeness (QED) is 0.671. The molecule has 0 bridgehead atoms. The summed E-state index contributed by atoms with van der Waals surface area (Å²) >= 11 is 0. The molecule has 4 nitrogen and oxygen atoms in total. The fraction of sp³-hybridized carbons (Fsp3) is 0.435. The van der Waals surface area contributed by atoms with Gasteiger partial charge in [0.15, 0.2) is 11.6 Å². The van der Waals surface area contributed by atoms with Gasteiger partial charge in [0.05, 0.1) is 16.7 Å². The Hall–Kier alpha value is -2.49. The molecule has 1 aromatic carbocycles. The zero-order valence-electron chi connectivity index (χ0n) is 16.2. The third kappa shape index (κ3) is 2.39. The summed E-state index contributed by atoms with van der Waals surface area (Å²) in [5, 5.41) is 1.69. The summed E-state index contributed by atoms with van der Waals surface area (Å²) in [4.78, 5) is 30.6. The lowest BCUT2D eigenvalue weighted by molar-refractivity contribution is -0.116. The molecule has 0 amide bonds. The number of benzene rings is 1. The fourth-order valence-corrected chi connectivity index (χ4v) is 4.91. The Balaban J connectivity index is 1.81. The summed E-state index contributed by atoms with van der Waals surface area (Å²) in [5.41, 5.74) is 2.87. The van der Waals surface area contributed by atoms with E-state index >= 15 is 0 Å². The molecule has 0 saturated heterocycles. The number of hydrogen-bond acceptors (Lipinski definition) is 4. The Bertz CT molecular complexity index is 1090. The number of nitrogens with zero attached hydrogens (tertiary/aromatic N) is 1. The van der Waals surface area contributed by atoms with Gasteiger partial charge >= 0.3 is 0 Å². The van der Waals surface area contributed by atoms with Gasteiger partial charge in [-0.25, -0.2) is 4.98 Å². The molecule has 1 aromatic heterocycles. The van der Waals surface area contributed by atoms with Crippen LogP contribution in [0.1, 0.15) is 68.6 Å². The lowest BCUT2D eigenvalue weighted by Crippen LogP contribution is -2.31. The fourth-order valence-electron chi connectivity index (χ4n) is 4.91. The lowest BCUT2D eigenvalue weighted by Gasteiger charge is -2.35. The number of rotatable bonds is 0. The van der Waals surface area contributed by atoms with E-state index in [1.807, 2.05) is 18.2 Å². The van der Waals surface area contributed by atoms with Crippen LogP contribution >= 0.6 is 0 Å². The zero-order valence-corrected chi connectivity index (χ0v) is 16.2. The van der Waals surface area contributed by atoms with Crippen molar-refractivity contribution < 1.29 is 14.3 Å². The molecule has 0 saturated carbocycles.